The van der Waals surface area contributed by atoms with E-state index in [2.05, 4.69) is 13.8 Å². The standard InChI is InChI=1S/C35H69NO8/c1-4-7-9-11-13-14-15-16-17-18-19-21-23-25-27-36(31(38)26-24-22-20-12-10-8-5-2)30(6-3)34(41)33(40)32(39)29(28-37)44-35(34,42)43/h29-30,32-33,37,39-43H,4-28H2,1-3H3/t29-,30?,32-,33+,34-/m1/s1. The van der Waals surface area contributed by atoms with Crippen LogP contribution >= 0.6 is 0 Å². The van der Waals surface area contributed by atoms with Gasteiger partial charge in [-0.05, 0) is 19.3 Å². The fraction of sp³-hybridized carbons (Fsp3) is 0.971. The minimum Gasteiger partial charge on any atom is -0.394 e. The highest BCUT2D eigenvalue weighted by Crippen LogP contribution is 2.41. The first kappa shape index (κ1) is 41.2. The number of nitrogens with zero attached hydrogens (tertiary/aromatic N) is 1. The molecule has 5 atom stereocenters. The Bertz CT molecular complexity index is 723. The van der Waals surface area contributed by atoms with Gasteiger partial charge in [0.1, 0.15) is 18.3 Å². The molecule has 0 bridgehead atoms. The van der Waals surface area contributed by atoms with Gasteiger partial charge in [-0.15, -0.1) is 0 Å². The summed E-state index contributed by atoms with van der Waals surface area (Å²) >= 11 is 0. The third-order valence-corrected chi connectivity index (χ3v) is 9.51. The Kier molecular flexibility index (Phi) is 22.0. The van der Waals surface area contributed by atoms with Gasteiger partial charge in [0.25, 0.3) is 0 Å². The highest BCUT2D eigenvalue weighted by molar-refractivity contribution is 5.76. The molecule has 0 aliphatic carbocycles. The summed E-state index contributed by atoms with van der Waals surface area (Å²) in [7, 11) is 0. The summed E-state index contributed by atoms with van der Waals surface area (Å²) in [5.74, 6) is -3.51. The van der Waals surface area contributed by atoms with Gasteiger partial charge in [-0.25, -0.2) is 0 Å². The van der Waals surface area contributed by atoms with E-state index in [1.165, 1.54) is 88.4 Å². The normalized spacial score (nSPS) is 24.0. The van der Waals surface area contributed by atoms with Crippen LogP contribution in [0.5, 0.6) is 0 Å². The van der Waals surface area contributed by atoms with E-state index in [1.807, 2.05) is 0 Å². The molecular formula is C35H69NO8. The molecule has 1 unspecified atom stereocenters. The Hall–Kier alpha value is -0.810. The van der Waals surface area contributed by atoms with E-state index in [0.717, 1.165) is 38.5 Å². The van der Waals surface area contributed by atoms with Crippen molar-refractivity contribution in [2.45, 2.75) is 204 Å². The van der Waals surface area contributed by atoms with Gasteiger partial charge in [0.05, 0.1) is 12.6 Å². The summed E-state index contributed by atoms with van der Waals surface area (Å²) < 4.78 is 5.07. The van der Waals surface area contributed by atoms with Crippen molar-refractivity contribution in [2.24, 2.45) is 0 Å². The Morgan fingerprint density at radius 2 is 1.09 bits per heavy atom. The van der Waals surface area contributed by atoms with Gasteiger partial charge in [0.2, 0.25) is 5.91 Å². The first-order valence-electron chi connectivity index (χ1n) is 18.2. The molecule has 1 aliphatic rings. The van der Waals surface area contributed by atoms with Crippen LogP contribution in [0.3, 0.4) is 0 Å². The van der Waals surface area contributed by atoms with Crippen molar-refractivity contribution in [1.29, 1.82) is 0 Å². The fourth-order valence-corrected chi connectivity index (χ4v) is 6.67. The van der Waals surface area contributed by atoms with Crippen LogP contribution in [0.2, 0.25) is 0 Å². The van der Waals surface area contributed by atoms with Crippen LogP contribution in [0, 0.1) is 0 Å². The molecule has 0 aromatic rings. The molecule has 1 fully saturated rings. The first-order valence-corrected chi connectivity index (χ1v) is 18.2. The number of carbonyl (C=O) groups excluding carboxylic acids is 1. The van der Waals surface area contributed by atoms with E-state index in [0.29, 0.717) is 12.8 Å². The summed E-state index contributed by atoms with van der Waals surface area (Å²) in [6, 6.07) is -1.22. The number of rotatable bonds is 27. The Balaban J connectivity index is 2.72. The van der Waals surface area contributed by atoms with Crippen molar-refractivity contribution in [1.82, 2.24) is 4.90 Å². The number of aliphatic hydroxyl groups is 6. The molecule has 6 N–H and O–H groups in total. The highest BCUT2D eigenvalue weighted by Gasteiger charge is 2.67. The lowest BCUT2D eigenvalue weighted by Crippen LogP contribution is -2.79. The second-order valence-electron chi connectivity index (χ2n) is 13.2. The Morgan fingerprint density at radius 3 is 1.50 bits per heavy atom. The van der Waals surface area contributed by atoms with E-state index >= 15 is 0 Å². The second-order valence-corrected chi connectivity index (χ2v) is 13.2. The molecule has 0 aromatic heterocycles. The lowest BCUT2D eigenvalue weighted by molar-refractivity contribution is -0.476. The van der Waals surface area contributed by atoms with Crippen molar-refractivity contribution >= 4 is 5.91 Å². The molecule has 1 saturated heterocycles. The molecule has 0 aromatic carbocycles. The molecule has 9 nitrogen and oxygen atoms in total. The summed E-state index contributed by atoms with van der Waals surface area (Å²) in [4.78, 5) is 15.0. The molecule has 0 spiro atoms. The maximum Gasteiger partial charge on any atom is 0.313 e. The number of hydrogen-bond acceptors (Lipinski definition) is 8. The van der Waals surface area contributed by atoms with E-state index in [1.54, 1.807) is 6.92 Å². The van der Waals surface area contributed by atoms with E-state index < -0.39 is 42.5 Å². The lowest BCUT2D eigenvalue weighted by Gasteiger charge is -2.55. The van der Waals surface area contributed by atoms with Gasteiger partial charge in [-0.1, -0.05) is 143 Å². The number of unbranched alkanes of at least 4 members (excludes halogenated alkanes) is 19. The van der Waals surface area contributed by atoms with E-state index in [-0.39, 0.29) is 25.3 Å². The van der Waals surface area contributed by atoms with Gasteiger partial charge >= 0.3 is 5.97 Å². The zero-order valence-electron chi connectivity index (χ0n) is 28.4. The molecule has 1 heterocycles. The predicted octanol–water partition coefficient (Wildman–Crippen LogP) is 5.70. The minimum absolute atomic E-state index is 0.0949. The molecule has 262 valence electrons. The summed E-state index contributed by atoms with van der Waals surface area (Å²) in [6.07, 6.45) is 19.2. The fourth-order valence-electron chi connectivity index (χ4n) is 6.67. The van der Waals surface area contributed by atoms with Crippen molar-refractivity contribution in [3.05, 3.63) is 0 Å². The van der Waals surface area contributed by atoms with Crippen LogP contribution in [0.1, 0.15) is 168 Å². The zero-order valence-corrected chi connectivity index (χ0v) is 28.4. The van der Waals surface area contributed by atoms with E-state index in [4.69, 9.17) is 4.74 Å². The molecule has 44 heavy (non-hydrogen) atoms. The predicted molar refractivity (Wildman–Crippen MR) is 175 cm³/mol. The average Bonchev–Trinajstić information content (AvgIpc) is 3.01. The zero-order chi connectivity index (χ0) is 32.8. The van der Waals surface area contributed by atoms with Crippen LogP contribution in [0.15, 0.2) is 0 Å². The quantitative estimate of drug-likeness (QED) is 0.0499. The Labute approximate surface area is 268 Å². The first-order chi connectivity index (χ1) is 21.1. The summed E-state index contributed by atoms with van der Waals surface area (Å²) in [5.41, 5.74) is -2.78. The molecular weight excluding hydrogens is 562 g/mol. The largest absolute Gasteiger partial charge is 0.394 e. The van der Waals surface area contributed by atoms with Crippen LogP contribution in [0.25, 0.3) is 0 Å². The number of hydrogen-bond donors (Lipinski definition) is 6. The molecule has 1 amide bonds. The second kappa shape index (κ2) is 23.5. The number of ether oxygens (including phenoxy) is 1. The van der Waals surface area contributed by atoms with E-state index in [9.17, 15) is 35.4 Å². The number of aliphatic hydroxyl groups excluding tert-OH is 3. The minimum atomic E-state index is -3.28. The Morgan fingerprint density at radius 1 is 0.682 bits per heavy atom. The van der Waals surface area contributed by atoms with Crippen LogP contribution in [-0.4, -0.2) is 90.5 Å². The molecule has 0 radical (unpaired) electrons. The van der Waals surface area contributed by atoms with Crippen LogP contribution in [0.4, 0.5) is 0 Å². The van der Waals surface area contributed by atoms with Crippen molar-refractivity contribution in [2.75, 3.05) is 13.2 Å². The smallest absolute Gasteiger partial charge is 0.313 e. The summed E-state index contributed by atoms with van der Waals surface area (Å²) in [5, 5.41) is 64.1. The van der Waals surface area contributed by atoms with Gasteiger partial charge < -0.3 is 40.3 Å². The third-order valence-electron chi connectivity index (χ3n) is 9.51. The van der Waals surface area contributed by atoms with Gasteiger partial charge in [-0.3, -0.25) is 4.79 Å². The summed E-state index contributed by atoms with van der Waals surface area (Å²) in [6.45, 7) is 5.61. The van der Waals surface area contributed by atoms with Crippen molar-refractivity contribution < 1.29 is 40.2 Å². The average molecular weight is 632 g/mol. The lowest BCUT2D eigenvalue weighted by atomic mass is 9.77. The molecule has 9 heteroatoms. The molecule has 1 rings (SSSR count). The number of amides is 1. The highest BCUT2D eigenvalue weighted by atomic mass is 16.8. The third kappa shape index (κ3) is 13.5. The monoisotopic (exact) mass is 632 g/mol. The molecule has 0 saturated carbocycles. The SMILES string of the molecule is CCCCCCCCCCCCCCCCN(C(=O)CCCCCCCCC)C(CC)[C@@]1(O)[C@@H](O)[C@H](O)[C@@H](CO)OC1(O)O. The molecule has 1 aliphatic heterocycles. The number of carbonyl (C=O) groups is 1. The van der Waals surface area contributed by atoms with Gasteiger partial charge in [-0.2, -0.15) is 0 Å². The van der Waals surface area contributed by atoms with Crippen molar-refractivity contribution in [3.63, 3.8) is 0 Å². The maximum absolute atomic E-state index is 13.6. The van der Waals surface area contributed by atoms with Crippen LogP contribution in [-0.2, 0) is 9.53 Å². The van der Waals surface area contributed by atoms with Crippen LogP contribution < -0.4 is 0 Å². The van der Waals surface area contributed by atoms with Gasteiger partial charge in [0.15, 0.2) is 5.60 Å². The van der Waals surface area contributed by atoms with Gasteiger partial charge in [0, 0.05) is 13.0 Å². The maximum atomic E-state index is 13.6. The topological polar surface area (TPSA) is 151 Å². The van der Waals surface area contributed by atoms with Crippen molar-refractivity contribution in [3.8, 4) is 0 Å².